The fourth-order valence-corrected chi connectivity index (χ4v) is 3.81. The third kappa shape index (κ3) is 6.19. The Bertz CT molecular complexity index is 750. The van der Waals surface area contributed by atoms with Crippen LogP contribution in [0.2, 0.25) is 0 Å². The molecule has 0 saturated carbocycles. The number of carboxylic acid groups (broad SMARTS) is 1. The molecule has 1 aliphatic rings. The van der Waals surface area contributed by atoms with E-state index in [1.807, 2.05) is 0 Å². The molecule has 0 aromatic heterocycles. The number of hydrogen-bond acceptors (Lipinski definition) is 5. The molecule has 0 spiro atoms. The molecule has 150 valence electrons. The van der Waals surface area contributed by atoms with Crippen LogP contribution in [0.3, 0.4) is 0 Å². The van der Waals surface area contributed by atoms with E-state index in [0.29, 0.717) is 19.4 Å². The van der Waals surface area contributed by atoms with Crippen LogP contribution < -0.4 is 10.0 Å². The number of aliphatic carboxylic acids is 1. The van der Waals surface area contributed by atoms with Gasteiger partial charge in [0.05, 0.1) is 17.4 Å². The minimum absolute atomic E-state index is 0.133. The summed E-state index contributed by atoms with van der Waals surface area (Å²) in [5, 5.41) is 11.8. The molecule has 0 aliphatic carbocycles. The summed E-state index contributed by atoms with van der Waals surface area (Å²) in [5.41, 5.74) is 0.742. The zero-order valence-corrected chi connectivity index (χ0v) is 16.0. The molecule has 1 atom stereocenters. The molecule has 1 aliphatic heterocycles. The zero-order valence-electron chi connectivity index (χ0n) is 15.2. The minimum atomic E-state index is -3.59. The highest BCUT2D eigenvalue weighted by atomic mass is 32.2. The van der Waals surface area contributed by atoms with Gasteiger partial charge in [-0.05, 0) is 30.5 Å². The SMILES string of the molecule is COCCNS(=O)(=O)c1ccc(CNC(=O)N2CCCC(C(=O)O)C2)cc1. The van der Waals surface area contributed by atoms with Gasteiger partial charge < -0.3 is 20.1 Å². The van der Waals surface area contributed by atoms with E-state index in [4.69, 9.17) is 9.84 Å². The highest BCUT2D eigenvalue weighted by Gasteiger charge is 2.27. The van der Waals surface area contributed by atoms with Gasteiger partial charge in [0.15, 0.2) is 0 Å². The Balaban J connectivity index is 1.87. The summed E-state index contributed by atoms with van der Waals surface area (Å²) in [4.78, 5) is 24.9. The summed E-state index contributed by atoms with van der Waals surface area (Å²) in [6.45, 7) is 1.42. The first-order valence-corrected chi connectivity index (χ1v) is 10.1. The van der Waals surface area contributed by atoms with Crippen molar-refractivity contribution in [3.63, 3.8) is 0 Å². The van der Waals surface area contributed by atoms with Crippen LogP contribution >= 0.6 is 0 Å². The molecule has 0 radical (unpaired) electrons. The maximum atomic E-state index is 12.2. The van der Waals surface area contributed by atoms with E-state index in [0.717, 1.165) is 5.56 Å². The van der Waals surface area contributed by atoms with Crippen LogP contribution in [-0.4, -0.2) is 63.8 Å². The Labute approximate surface area is 158 Å². The zero-order chi connectivity index (χ0) is 19.9. The number of amides is 2. The van der Waals surface area contributed by atoms with Crippen molar-refractivity contribution in [1.82, 2.24) is 14.9 Å². The topological polar surface area (TPSA) is 125 Å². The monoisotopic (exact) mass is 399 g/mol. The molecule has 0 bridgehead atoms. The first-order valence-electron chi connectivity index (χ1n) is 8.66. The van der Waals surface area contributed by atoms with Gasteiger partial charge in [0, 0.05) is 33.3 Å². The van der Waals surface area contributed by atoms with Gasteiger partial charge in [-0.25, -0.2) is 17.9 Å². The Morgan fingerprint density at radius 3 is 2.63 bits per heavy atom. The van der Waals surface area contributed by atoms with Crippen LogP contribution in [0.4, 0.5) is 4.79 Å². The van der Waals surface area contributed by atoms with E-state index < -0.39 is 21.9 Å². The van der Waals surface area contributed by atoms with Crippen LogP contribution in [0.5, 0.6) is 0 Å². The largest absolute Gasteiger partial charge is 0.481 e. The predicted molar refractivity (Wildman–Crippen MR) is 97.7 cm³/mol. The van der Waals surface area contributed by atoms with Gasteiger partial charge in [-0.2, -0.15) is 0 Å². The van der Waals surface area contributed by atoms with E-state index in [1.165, 1.54) is 24.1 Å². The van der Waals surface area contributed by atoms with E-state index in [9.17, 15) is 18.0 Å². The second kappa shape index (κ2) is 9.67. The van der Waals surface area contributed by atoms with Crippen LogP contribution in [0.15, 0.2) is 29.2 Å². The normalized spacial score (nSPS) is 17.5. The molecule has 27 heavy (non-hydrogen) atoms. The number of carbonyl (C=O) groups is 2. The number of ether oxygens (including phenoxy) is 1. The summed E-state index contributed by atoms with van der Waals surface area (Å²) in [7, 11) is -2.10. The average Bonchev–Trinajstić information content (AvgIpc) is 2.66. The number of carboxylic acids is 1. The van der Waals surface area contributed by atoms with Crippen molar-refractivity contribution in [1.29, 1.82) is 0 Å². The summed E-state index contributed by atoms with van der Waals surface area (Å²) in [6.07, 6.45) is 1.24. The van der Waals surface area contributed by atoms with Crippen molar-refractivity contribution in [3.05, 3.63) is 29.8 Å². The molecular weight excluding hydrogens is 374 g/mol. The third-order valence-corrected chi connectivity index (χ3v) is 5.81. The van der Waals surface area contributed by atoms with Gasteiger partial charge in [-0.1, -0.05) is 12.1 Å². The predicted octanol–water partition coefficient (Wildman–Crippen LogP) is 0.618. The first kappa shape index (κ1) is 21.1. The average molecular weight is 399 g/mol. The number of sulfonamides is 1. The van der Waals surface area contributed by atoms with Crippen molar-refractivity contribution in [2.45, 2.75) is 24.3 Å². The van der Waals surface area contributed by atoms with Gasteiger partial charge in [0.25, 0.3) is 0 Å². The Kier molecular flexibility index (Phi) is 7.57. The number of hydrogen-bond donors (Lipinski definition) is 3. The second-order valence-corrected chi connectivity index (χ2v) is 8.08. The Morgan fingerprint density at radius 1 is 1.30 bits per heavy atom. The molecule has 2 amide bonds. The molecule has 1 aromatic carbocycles. The summed E-state index contributed by atoms with van der Waals surface area (Å²) < 4.78 is 31.4. The lowest BCUT2D eigenvalue weighted by molar-refractivity contribution is -0.143. The third-order valence-electron chi connectivity index (χ3n) is 4.33. The smallest absolute Gasteiger partial charge is 0.317 e. The van der Waals surface area contributed by atoms with E-state index in [-0.39, 0.29) is 37.2 Å². The lowest BCUT2D eigenvalue weighted by Gasteiger charge is -2.30. The lowest BCUT2D eigenvalue weighted by atomic mass is 9.99. The maximum absolute atomic E-state index is 12.2. The number of benzene rings is 1. The quantitative estimate of drug-likeness (QED) is 0.550. The molecular formula is C17H25N3O6S. The Hall–Kier alpha value is -2.17. The molecule has 9 nitrogen and oxygen atoms in total. The van der Waals surface area contributed by atoms with Gasteiger partial charge in [0.2, 0.25) is 10.0 Å². The number of nitrogens with one attached hydrogen (secondary N) is 2. The summed E-state index contributed by atoms with van der Waals surface area (Å²) in [6, 6.07) is 5.87. The van der Waals surface area contributed by atoms with Gasteiger partial charge >= 0.3 is 12.0 Å². The highest BCUT2D eigenvalue weighted by molar-refractivity contribution is 7.89. The number of likely N-dealkylation sites (tertiary alicyclic amines) is 1. The van der Waals surface area contributed by atoms with Crippen LogP contribution in [-0.2, 0) is 26.1 Å². The molecule has 2 rings (SSSR count). The van der Waals surface area contributed by atoms with Crippen molar-refractivity contribution < 1.29 is 27.9 Å². The molecule has 3 N–H and O–H groups in total. The van der Waals surface area contributed by atoms with Gasteiger partial charge in [0.1, 0.15) is 0 Å². The number of nitrogens with zero attached hydrogens (tertiary/aromatic N) is 1. The van der Waals surface area contributed by atoms with Crippen LogP contribution in [0.25, 0.3) is 0 Å². The fourth-order valence-electron chi connectivity index (χ4n) is 2.80. The molecule has 10 heteroatoms. The van der Waals surface area contributed by atoms with Crippen molar-refractivity contribution >= 4 is 22.0 Å². The van der Waals surface area contributed by atoms with E-state index >= 15 is 0 Å². The standard InChI is InChI=1S/C17H25N3O6S/c1-26-10-8-19-27(24,25)15-6-4-13(5-7-15)11-18-17(23)20-9-2-3-14(12-20)16(21)22/h4-7,14,19H,2-3,8-12H2,1H3,(H,18,23)(H,21,22). The Morgan fingerprint density at radius 2 is 2.00 bits per heavy atom. The molecule has 1 aromatic rings. The number of carbonyl (C=O) groups excluding carboxylic acids is 1. The minimum Gasteiger partial charge on any atom is -0.481 e. The number of urea groups is 1. The molecule has 1 saturated heterocycles. The van der Waals surface area contributed by atoms with Crippen molar-refractivity contribution in [3.8, 4) is 0 Å². The number of rotatable bonds is 8. The first-order chi connectivity index (χ1) is 12.8. The summed E-state index contributed by atoms with van der Waals surface area (Å²) >= 11 is 0. The van der Waals surface area contributed by atoms with Crippen molar-refractivity contribution in [2.75, 3.05) is 33.4 Å². The molecule has 1 heterocycles. The number of piperidine rings is 1. The summed E-state index contributed by atoms with van der Waals surface area (Å²) in [5.74, 6) is -1.41. The number of methoxy groups -OCH3 is 1. The highest BCUT2D eigenvalue weighted by Crippen LogP contribution is 2.17. The molecule has 1 fully saturated rings. The molecule has 1 unspecified atom stereocenters. The maximum Gasteiger partial charge on any atom is 0.317 e. The fraction of sp³-hybridized carbons (Fsp3) is 0.529. The van der Waals surface area contributed by atoms with Crippen LogP contribution in [0.1, 0.15) is 18.4 Å². The van der Waals surface area contributed by atoms with E-state index in [2.05, 4.69) is 10.0 Å². The lowest BCUT2D eigenvalue weighted by Crippen LogP contribution is -2.46. The van der Waals surface area contributed by atoms with Gasteiger partial charge in [-0.3, -0.25) is 4.79 Å². The van der Waals surface area contributed by atoms with Crippen molar-refractivity contribution in [2.24, 2.45) is 5.92 Å². The second-order valence-electron chi connectivity index (χ2n) is 6.32. The van der Waals surface area contributed by atoms with E-state index in [1.54, 1.807) is 12.1 Å². The van der Waals surface area contributed by atoms with Crippen LogP contribution in [0, 0.1) is 5.92 Å². The van der Waals surface area contributed by atoms with Gasteiger partial charge in [-0.15, -0.1) is 0 Å².